The molecule has 0 radical (unpaired) electrons. The van der Waals surface area contributed by atoms with Crippen LogP contribution in [0.1, 0.15) is 25.0 Å². The predicted molar refractivity (Wildman–Crippen MR) is 84.0 cm³/mol. The predicted octanol–water partition coefficient (Wildman–Crippen LogP) is 1.48. The number of hydrogen-bond acceptors (Lipinski definition) is 4. The lowest BCUT2D eigenvalue weighted by Crippen LogP contribution is -2.37. The molecule has 2 heterocycles. The van der Waals surface area contributed by atoms with Crippen molar-refractivity contribution in [3.05, 3.63) is 40.3 Å². The zero-order valence-corrected chi connectivity index (χ0v) is 12.2. The summed E-state index contributed by atoms with van der Waals surface area (Å²) < 4.78 is 0. The molecule has 0 bridgehead atoms. The summed E-state index contributed by atoms with van der Waals surface area (Å²) in [5, 5.41) is 0. The first-order valence-corrected chi connectivity index (χ1v) is 7.66. The van der Waals surface area contributed by atoms with Gasteiger partial charge in [-0.3, -0.25) is 9.69 Å². The highest BCUT2D eigenvalue weighted by atomic mass is 16.1. The third-order valence-electron chi connectivity index (χ3n) is 4.22. The van der Waals surface area contributed by atoms with Gasteiger partial charge in [-0.2, -0.15) is 0 Å². The lowest BCUT2D eigenvalue weighted by atomic mass is 9.95. The van der Waals surface area contributed by atoms with E-state index in [-0.39, 0.29) is 5.56 Å². The number of likely N-dealkylation sites (tertiary alicyclic amines) is 1. The Labute approximate surface area is 124 Å². The maximum absolute atomic E-state index is 12.1. The normalized spacial score (nSPS) is 20.0. The highest BCUT2D eigenvalue weighted by molar-refractivity contribution is 5.73. The van der Waals surface area contributed by atoms with Crippen LogP contribution < -0.4 is 11.3 Å². The molecular weight excluding hydrogens is 264 g/mol. The van der Waals surface area contributed by atoms with Crippen molar-refractivity contribution in [3.8, 4) is 0 Å². The average Bonchev–Trinajstić information content (AvgIpc) is 2.49. The van der Waals surface area contributed by atoms with Crippen LogP contribution in [0.5, 0.6) is 0 Å². The van der Waals surface area contributed by atoms with E-state index in [0.717, 1.165) is 37.1 Å². The number of nitrogens with zero attached hydrogens (tertiary/aromatic N) is 2. The van der Waals surface area contributed by atoms with Crippen LogP contribution in [0.15, 0.2) is 29.1 Å². The van der Waals surface area contributed by atoms with E-state index in [9.17, 15) is 4.79 Å². The van der Waals surface area contributed by atoms with Crippen LogP contribution in [0.4, 0.5) is 0 Å². The second-order valence-electron chi connectivity index (χ2n) is 5.85. The van der Waals surface area contributed by atoms with E-state index < -0.39 is 0 Å². The lowest BCUT2D eigenvalue weighted by molar-refractivity contribution is 0.161. The van der Waals surface area contributed by atoms with Crippen LogP contribution in [0, 0.1) is 5.92 Å². The van der Waals surface area contributed by atoms with Gasteiger partial charge in [-0.25, -0.2) is 4.98 Å². The molecule has 2 aromatic rings. The Balaban J connectivity index is 1.78. The van der Waals surface area contributed by atoms with Crippen LogP contribution in [-0.4, -0.2) is 34.5 Å². The Hall–Kier alpha value is -1.72. The number of rotatable bonds is 4. The number of piperidine rings is 1. The number of aromatic nitrogens is 2. The van der Waals surface area contributed by atoms with Gasteiger partial charge in [0.15, 0.2) is 0 Å². The van der Waals surface area contributed by atoms with Gasteiger partial charge < -0.3 is 10.7 Å². The number of aromatic amines is 1. The number of nitrogens with one attached hydrogen (secondary N) is 1. The minimum atomic E-state index is -0.0744. The molecule has 21 heavy (non-hydrogen) atoms. The minimum absolute atomic E-state index is 0.0744. The first kappa shape index (κ1) is 14.2. The first-order chi connectivity index (χ1) is 10.3. The maximum Gasteiger partial charge on any atom is 0.271 e. The van der Waals surface area contributed by atoms with Crippen molar-refractivity contribution >= 4 is 11.0 Å². The van der Waals surface area contributed by atoms with Crippen LogP contribution in [0.2, 0.25) is 0 Å². The molecule has 3 N–H and O–H groups in total. The number of para-hydroxylation sites is 2. The van der Waals surface area contributed by atoms with E-state index in [0.29, 0.717) is 18.2 Å². The van der Waals surface area contributed by atoms with Gasteiger partial charge in [-0.15, -0.1) is 0 Å². The summed E-state index contributed by atoms with van der Waals surface area (Å²) in [7, 11) is 0. The molecule has 1 aliphatic heterocycles. The Morgan fingerprint density at radius 1 is 1.38 bits per heavy atom. The van der Waals surface area contributed by atoms with Crippen molar-refractivity contribution in [2.24, 2.45) is 11.7 Å². The number of benzene rings is 1. The monoisotopic (exact) mass is 286 g/mol. The number of fused-ring (bicyclic) bond motifs is 1. The van der Waals surface area contributed by atoms with Crippen LogP contribution in [-0.2, 0) is 6.54 Å². The summed E-state index contributed by atoms with van der Waals surface area (Å²) in [4.78, 5) is 21.9. The summed E-state index contributed by atoms with van der Waals surface area (Å²) >= 11 is 0. The fourth-order valence-electron chi connectivity index (χ4n) is 3.15. The van der Waals surface area contributed by atoms with Crippen molar-refractivity contribution in [1.29, 1.82) is 0 Å². The highest BCUT2D eigenvalue weighted by Crippen LogP contribution is 2.20. The van der Waals surface area contributed by atoms with Crippen molar-refractivity contribution in [1.82, 2.24) is 14.9 Å². The lowest BCUT2D eigenvalue weighted by Gasteiger charge is -2.32. The summed E-state index contributed by atoms with van der Waals surface area (Å²) in [6.45, 7) is 3.43. The van der Waals surface area contributed by atoms with Gasteiger partial charge in [-0.1, -0.05) is 12.1 Å². The SMILES string of the molecule is NCCC1CCCN(Cc2nc3ccccc3[nH]c2=O)C1. The molecule has 0 saturated carbocycles. The molecule has 1 aromatic heterocycles. The molecule has 112 valence electrons. The molecule has 0 amide bonds. The number of H-pyrrole nitrogens is 1. The molecule has 1 aliphatic rings. The van der Waals surface area contributed by atoms with E-state index in [2.05, 4.69) is 14.9 Å². The Morgan fingerprint density at radius 2 is 2.24 bits per heavy atom. The maximum atomic E-state index is 12.1. The van der Waals surface area contributed by atoms with Crippen molar-refractivity contribution in [2.45, 2.75) is 25.8 Å². The van der Waals surface area contributed by atoms with E-state index in [1.54, 1.807) is 0 Å². The fraction of sp³-hybridized carbons (Fsp3) is 0.500. The molecule has 1 atom stereocenters. The van der Waals surface area contributed by atoms with Gasteiger partial charge in [0, 0.05) is 13.1 Å². The highest BCUT2D eigenvalue weighted by Gasteiger charge is 2.20. The molecule has 5 heteroatoms. The fourth-order valence-corrected chi connectivity index (χ4v) is 3.15. The van der Waals surface area contributed by atoms with E-state index >= 15 is 0 Å². The molecule has 1 saturated heterocycles. The molecule has 5 nitrogen and oxygen atoms in total. The second kappa shape index (κ2) is 6.37. The Morgan fingerprint density at radius 3 is 3.10 bits per heavy atom. The summed E-state index contributed by atoms with van der Waals surface area (Å²) in [6.07, 6.45) is 3.49. The van der Waals surface area contributed by atoms with Crippen molar-refractivity contribution in [3.63, 3.8) is 0 Å². The van der Waals surface area contributed by atoms with Gasteiger partial charge in [0.1, 0.15) is 5.69 Å². The average molecular weight is 286 g/mol. The van der Waals surface area contributed by atoms with Gasteiger partial charge >= 0.3 is 0 Å². The van der Waals surface area contributed by atoms with Gasteiger partial charge in [0.2, 0.25) is 0 Å². The van der Waals surface area contributed by atoms with E-state index in [1.807, 2.05) is 24.3 Å². The topological polar surface area (TPSA) is 75.0 Å². The quantitative estimate of drug-likeness (QED) is 0.893. The zero-order chi connectivity index (χ0) is 14.7. The Bertz CT molecular complexity index is 665. The molecule has 0 aliphatic carbocycles. The molecule has 3 rings (SSSR count). The van der Waals surface area contributed by atoms with Crippen LogP contribution >= 0.6 is 0 Å². The zero-order valence-electron chi connectivity index (χ0n) is 12.2. The van der Waals surface area contributed by atoms with Gasteiger partial charge in [0.05, 0.1) is 11.0 Å². The number of nitrogens with two attached hydrogens (primary N) is 1. The smallest absolute Gasteiger partial charge is 0.271 e. The molecule has 1 fully saturated rings. The third kappa shape index (κ3) is 3.31. The van der Waals surface area contributed by atoms with E-state index in [4.69, 9.17) is 5.73 Å². The molecular formula is C16H22N4O. The van der Waals surface area contributed by atoms with Gasteiger partial charge in [0.25, 0.3) is 5.56 Å². The molecule has 1 unspecified atom stereocenters. The first-order valence-electron chi connectivity index (χ1n) is 7.66. The number of hydrogen-bond donors (Lipinski definition) is 2. The summed E-state index contributed by atoms with van der Waals surface area (Å²) in [5.41, 5.74) is 7.84. The Kier molecular flexibility index (Phi) is 4.31. The van der Waals surface area contributed by atoms with E-state index in [1.165, 1.54) is 12.8 Å². The van der Waals surface area contributed by atoms with Crippen molar-refractivity contribution in [2.75, 3.05) is 19.6 Å². The standard InChI is InChI=1S/C16H22N4O/c17-8-7-12-4-3-9-20(10-12)11-15-16(21)19-14-6-2-1-5-13(14)18-15/h1-2,5-6,12H,3-4,7-11,17H2,(H,19,21). The molecule has 0 spiro atoms. The molecule has 1 aromatic carbocycles. The third-order valence-corrected chi connectivity index (χ3v) is 4.22. The minimum Gasteiger partial charge on any atom is -0.330 e. The van der Waals surface area contributed by atoms with Crippen LogP contribution in [0.25, 0.3) is 11.0 Å². The van der Waals surface area contributed by atoms with Crippen molar-refractivity contribution < 1.29 is 0 Å². The largest absolute Gasteiger partial charge is 0.330 e. The summed E-state index contributed by atoms with van der Waals surface area (Å²) in [6, 6.07) is 7.66. The summed E-state index contributed by atoms with van der Waals surface area (Å²) in [5.74, 6) is 0.656. The second-order valence-corrected chi connectivity index (χ2v) is 5.85. The van der Waals surface area contributed by atoms with Crippen LogP contribution in [0.3, 0.4) is 0 Å². The van der Waals surface area contributed by atoms with Gasteiger partial charge in [-0.05, 0) is 50.4 Å².